The maximum Gasteiger partial charge on any atom is 0.227 e. The van der Waals surface area contributed by atoms with E-state index in [-0.39, 0.29) is 11.8 Å². The second-order valence-electron chi connectivity index (χ2n) is 7.90. The van der Waals surface area contributed by atoms with Crippen LogP contribution in [0.25, 0.3) is 0 Å². The van der Waals surface area contributed by atoms with Gasteiger partial charge in [-0.3, -0.25) is 9.69 Å². The summed E-state index contributed by atoms with van der Waals surface area (Å²) in [4.78, 5) is 14.8. The van der Waals surface area contributed by atoms with E-state index in [4.69, 9.17) is 0 Å². The van der Waals surface area contributed by atoms with Crippen molar-refractivity contribution >= 4 is 11.6 Å². The number of aromatic hydroxyl groups is 1. The highest BCUT2D eigenvalue weighted by molar-refractivity contribution is 5.92. The average Bonchev–Trinajstić information content (AvgIpc) is 2.65. The lowest BCUT2D eigenvalue weighted by Crippen LogP contribution is -2.37. The van der Waals surface area contributed by atoms with Crippen molar-refractivity contribution in [1.29, 1.82) is 0 Å². The smallest absolute Gasteiger partial charge is 0.227 e. The number of phenols is 1. The van der Waals surface area contributed by atoms with Gasteiger partial charge in [-0.2, -0.15) is 0 Å². The Labute approximate surface area is 162 Å². The lowest BCUT2D eigenvalue weighted by molar-refractivity contribution is -0.121. The molecular weight excluding hydrogens is 336 g/mol. The molecule has 0 unspecified atom stereocenters. The Morgan fingerprint density at radius 1 is 1.19 bits per heavy atom. The fourth-order valence-corrected chi connectivity index (χ4v) is 3.87. The third kappa shape index (κ3) is 4.89. The van der Waals surface area contributed by atoms with Gasteiger partial charge in [-0.25, -0.2) is 0 Å². The zero-order chi connectivity index (χ0) is 19.4. The zero-order valence-corrected chi connectivity index (χ0v) is 16.5. The van der Waals surface area contributed by atoms with Crippen molar-refractivity contribution < 1.29 is 9.90 Å². The van der Waals surface area contributed by atoms with Crippen molar-refractivity contribution in [2.45, 2.75) is 46.1 Å². The van der Waals surface area contributed by atoms with E-state index in [1.165, 1.54) is 5.56 Å². The summed E-state index contributed by atoms with van der Waals surface area (Å²) in [5.41, 5.74) is 4.27. The largest absolute Gasteiger partial charge is 0.508 e. The Kier molecular flexibility index (Phi) is 6.17. The van der Waals surface area contributed by atoms with Gasteiger partial charge in [0.15, 0.2) is 0 Å². The number of amides is 1. The van der Waals surface area contributed by atoms with Gasteiger partial charge in [-0.1, -0.05) is 38.1 Å². The topological polar surface area (TPSA) is 52.6 Å². The molecule has 1 aliphatic rings. The molecule has 0 atom stereocenters. The van der Waals surface area contributed by atoms with Gasteiger partial charge in [-0.05, 0) is 68.1 Å². The molecule has 2 aromatic carbocycles. The molecule has 4 heteroatoms. The lowest BCUT2D eigenvalue weighted by Gasteiger charge is -2.31. The third-order valence-corrected chi connectivity index (χ3v) is 5.48. The lowest BCUT2D eigenvalue weighted by atomic mass is 9.93. The van der Waals surface area contributed by atoms with Crippen molar-refractivity contribution in [2.75, 3.05) is 18.4 Å². The van der Waals surface area contributed by atoms with E-state index in [1.54, 1.807) is 0 Å². The molecule has 1 aliphatic heterocycles. The number of para-hydroxylation sites is 1. The molecule has 2 aromatic rings. The minimum Gasteiger partial charge on any atom is -0.508 e. The molecule has 27 heavy (non-hydrogen) atoms. The fourth-order valence-electron chi connectivity index (χ4n) is 3.87. The van der Waals surface area contributed by atoms with E-state index in [9.17, 15) is 9.90 Å². The highest BCUT2D eigenvalue weighted by Gasteiger charge is 2.25. The predicted molar refractivity (Wildman–Crippen MR) is 110 cm³/mol. The molecule has 1 fully saturated rings. The van der Waals surface area contributed by atoms with E-state index in [0.717, 1.165) is 49.3 Å². The Bertz CT molecular complexity index is 778. The molecule has 0 bridgehead atoms. The number of rotatable bonds is 5. The number of hydrogen-bond donors (Lipinski definition) is 2. The van der Waals surface area contributed by atoms with E-state index >= 15 is 0 Å². The molecule has 1 heterocycles. The number of carbonyl (C=O) groups excluding carboxylic acids is 1. The molecule has 1 amide bonds. The molecule has 2 N–H and O–H groups in total. The first-order valence-corrected chi connectivity index (χ1v) is 9.84. The fraction of sp³-hybridized carbons (Fsp3) is 0.435. The second-order valence-corrected chi connectivity index (χ2v) is 7.90. The monoisotopic (exact) mass is 366 g/mol. The van der Waals surface area contributed by atoms with Gasteiger partial charge in [0.1, 0.15) is 5.75 Å². The van der Waals surface area contributed by atoms with Crippen LogP contribution in [0.5, 0.6) is 5.75 Å². The number of anilines is 1. The number of carbonyl (C=O) groups is 1. The Balaban J connectivity index is 1.57. The number of phenolic OH excluding ortho intramolecular Hbond substituents is 1. The number of benzene rings is 2. The quantitative estimate of drug-likeness (QED) is 0.808. The maximum absolute atomic E-state index is 12.5. The van der Waals surface area contributed by atoms with Gasteiger partial charge in [0.2, 0.25) is 5.91 Å². The van der Waals surface area contributed by atoms with Crippen LogP contribution in [0.1, 0.15) is 49.3 Å². The van der Waals surface area contributed by atoms with Crippen LogP contribution in [0.2, 0.25) is 0 Å². The number of aryl methyl sites for hydroxylation is 1. The van der Waals surface area contributed by atoms with Crippen LogP contribution < -0.4 is 5.32 Å². The molecule has 3 rings (SSSR count). The first-order chi connectivity index (χ1) is 12.9. The predicted octanol–water partition coefficient (Wildman–Crippen LogP) is 4.67. The summed E-state index contributed by atoms with van der Waals surface area (Å²) in [6.45, 7) is 8.89. The van der Waals surface area contributed by atoms with E-state index in [1.807, 2.05) is 36.4 Å². The van der Waals surface area contributed by atoms with Crippen LogP contribution in [-0.4, -0.2) is 29.0 Å². The Morgan fingerprint density at radius 2 is 1.85 bits per heavy atom. The molecule has 0 radical (unpaired) electrons. The van der Waals surface area contributed by atoms with E-state index < -0.39 is 0 Å². The second kappa shape index (κ2) is 8.57. The van der Waals surface area contributed by atoms with Crippen LogP contribution in [0.15, 0.2) is 42.5 Å². The first kappa shape index (κ1) is 19.4. The minimum atomic E-state index is 0.0549. The molecule has 0 aromatic heterocycles. The summed E-state index contributed by atoms with van der Waals surface area (Å²) in [6.07, 6.45) is 1.70. The van der Waals surface area contributed by atoms with Crippen molar-refractivity contribution in [3.05, 3.63) is 59.2 Å². The van der Waals surface area contributed by atoms with Gasteiger partial charge in [0.05, 0.1) is 0 Å². The highest BCUT2D eigenvalue weighted by Crippen LogP contribution is 2.29. The summed E-state index contributed by atoms with van der Waals surface area (Å²) in [5, 5.41) is 13.4. The number of nitrogens with one attached hydrogen (secondary N) is 1. The summed E-state index contributed by atoms with van der Waals surface area (Å²) >= 11 is 0. The van der Waals surface area contributed by atoms with Crippen LogP contribution in [0.4, 0.5) is 5.69 Å². The van der Waals surface area contributed by atoms with Crippen LogP contribution in [0.3, 0.4) is 0 Å². The molecule has 4 nitrogen and oxygen atoms in total. The third-order valence-electron chi connectivity index (χ3n) is 5.48. The number of hydrogen-bond acceptors (Lipinski definition) is 3. The van der Waals surface area contributed by atoms with E-state index in [0.29, 0.717) is 11.7 Å². The van der Waals surface area contributed by atoms with E-state index in [2.05, 4.69) is 37.1 Å². The summed E-state index contributed by atoms with van der Waals surface area (Å²) in [6, 6.07) is 13.7. The SMILES string of the molecule is Cc1cc(O)c(CN2CCC(C(=O)Nc3ccccc3)CC2)cc1C(C)C. The Hall–Kier alpha value is -2.33. The van der Waals surface area contributed by atoms with Crippen molar-refractivity contribution in [1.82, 2.24) is 4.90 Å². The van der Waals surface area contributed by atoms with Crippen LogP contribution in [0, 0.1) is 12.8 Å². The summed E-state index contributed by atoms with van der Waals surface area (Å²) < 4.78 is 0. The van der Waals surface area contributed by atoms with Gasteiger partial charge in [0, 0.05) is 23.7 Å². The van der Waals surface area contributed by atoms with Crippen molar-refractivity contribution in [3.8, 4) is 5.75 Å². The van der Waals surface area contributed by atoms with Gasteiger partial charge >= 0.3 is 0 Å². The van der Waals surface area contributed by atoms with Crippen LogP contribution in [-0.2, 0) is 11.3 Å². The number of likely N-dealkylation sites (tertiary alicyclic amines) is 1. The molecule has 0 aliphatic carbocycles. The normalized spacial score (nSPS) is 15.9. The number of piperidine rings is 1. The van der Waals surface area contributed by atoms with Gasteiger partial charge < -0.3 is 10.4 Å². The van der Waals surface area contributed by atoms with Crippen molar-refractivity contribution in [2.24, 2.45) is 5.92 Å². The molecule has 0 saturated carbocycles. The van der Waals surface area contributed by atoms with Crippen LogP contribution >= 0.6 is 0 Å². The maximum atomic E-state index is 12.5. The molecule has 144 valence electrons. The molecule has 0 spiro atoms. The zero-order valence-electron chi connectivity index (χ0n) is 16.5. The summed E-state index contributed by atoms with van der Waals surface area (Å²) in [5.74, 6) is 0.984. The minimum absolute atomic E-state index is 0.0549. The van der Waals surface area contributed by atoms with Gasteiger partial charge in [-0.15, -0.1) is 0 Å². The van der Waals surface area contributed by atoms with Gasteiger partial charge in [0.25, 0.3) is 0 Å². The first-order valence-electron chi connectivity index (χ1n) is 9.84. The number of nitrogens with zero attached hydrogens (tertiary/aromatic N) is 1. The Morgan fingerprint density at radius 3 is 2.48 bits per heavy atom. The average molecular weight is 367 g/mol. The highest BCUT2D eigenvalue weighted by atomic mass is 16.3. The molecule has 1 saturated heterocycles. The standard InChI is InChI=1S/C23H30N2O2/c1-16(2)21-14-19(22(26)13-17(21)3)15-25-11-9-18(10-12-25)23(27)24-20-7-5-4-6-8-20/h4-8,13-14,16,18,26H,9-12,15H2,1-3H3,(H,24,27). The summed E-state index contributed by atoms with van der Waals surface area (Å²) in [7, 11) is 0. The molecular formula is C23H30N2O2. The van der Waals surface area contributed by atoms with Crippen molar-refractivity contribution in [3.63, 3.8) is 0 Å².